The second-order valence-corrected chi connectivity index (χ2v) is 8.80. The summed E-state index contributed by atoms with van der Waals surface area (Å²) in [5.41, 5.74) is 8.55. The van der Waals surface area contributed by atoms with E-state index in [9.17, 15) is 0 Å². The van der Waals surface area contributed by atoms with E-state index in [2.05, 4.69) is 105 Å². The van der Waals surface area contributed by atoms with Gasteiger partial charge in [0.2, 0.25) is 0 Å². The maximum atomic E-state index is 4.81. The number of allylic oxidation sites excluding steroid dienone is 4. The minimum absolute atomic E-state index is 0. The van der Waals surface area contributed by atoms with Crippen LogP contribution in [0.3, 0.4) is 0 Å². The molecule has 8 rings (SSSR count). The molecule has 180 valence electrons. The summed E-state index contributed by atoms with van der Waals surface area (Å²) < 4.78 is 2.06. The summed E-state index contributed by atoms with van der Waals surface area (Å²) in [6.45, 7) is 2.08. The minimum atomic E-state index is 0. The van der Waals surface area contributed by atoms with Gasteiger partial charge in [0.25, 0.3) is 0 Å². The molecule has 5 aromatic rings. The summed E-state index contributed by atoms with van der Waals surface area (Å²) in [4.78, 5) is 17.7. The topological polar surface area (TPSA) is 49.0 Å². The number of imidazole rings is 1. The molecule has 1 aliphatic carbocycles. The summed E-state index contributed by atoms with van der Waals surface area (Å²) >= 11 is 0. The first-order valence-electron chi connectivity index (χ1n) is 11.8. The van der Waals surface area contributed by atoms with Gasteiger partial charge in [-0.3, -0.25) is 4.99 Å². The number of anilines is 3. The summed E-state index contributed by atoms with van der Waals surface area (Å²) in [5, 5.41) is 1.07. The zero-order valence-corrected chi connectivity index (χ0v) is 22.3. The Kier molecular flexibility index (Phi) is 5.95. The van der Waals surface area contributed by atoms with Crippen LogP contribution in [0, 0.1) is 18.9 Å². The van der Waals surface area contributed by atoms with Crippen LogP contribution in [-0.4, -0.2) is 27.1 Å². The van der Waals surface area contributed by atoms with Crippen LogP contribution in [-0.2, 0) is 20.1 Å². The average Bonchev–Trinajstić information content (AvgIpc) is 3.66. The third-order valence-corrected chi connectivity index (χ3v) is 6.67. The fourth-order valence-electron chi connectivity index (χ4n) is 5.05. The predicted octanol–water partition coefficient (Wildman–Crippen LogP) is 6.17. The SMILES string of the molecule is CN1[CH-]N(c2[c-]cccc2)c2ccccc21.[Ir+3].[c-]1ncn2c3c(c4cccnc4c12)N=C1C=CC=CC13. The number of fused-ring (bicyclic) bond motifs is 9. The van der Waals surface area contributed by atoms with Crippen molar-refractivity contribution in [2.75, 3.05) is 16.8 Å². The number of benzene rings is 2. The number of nitrogens with zero attached hydrogens (tertiary/aromatic N) is 6. The van der Waals surface area contributed by atoms with Crippen LogP contribution in [0.4, 0.5) is 22.7 Å². The van der Waals surface area contributed by atoms with Crippen molar-refractivity contribution < 1.29 is 20.1 Å². The third kappa shape index (κ3) is 3.79. The molecule has 0 N–H and O–H groups in total. The van der Waals surface area contributed by atoms with Gasteiger partial charge < -0.3 is 24.2 Å². The molecule has 0 spiro atoms. The molecule has 0 saturated heterocycles. The van der Waals surface area contributed by atoms with Crippen molar-refractivity contribution in [2.45, 2.75) is 5.92 Å². The van der Waals surface area contributed by atoms with Crippen LogP contribution in [0.1, 0.15) is 11.6 Å². The van der Waals surface area contributed by atoms with Crippen molar-refractivity contribution in [1.29, 1.82) is 0 Å². The molecular formula is C30H21IrN6. The van der Waals surface area contributed by atoms with Gasteiger partial charge in [0.15, 0.2) is 0 Å². The zero-order valence-electron chi connectivity index (χ0n) is 19.9. The van der Waals surface area contributed by atoms with Gasteiger partial charge in [-0.2, -0.15) is 37.0 Å². The van der Waals surface area contributed by atoms with E-state index >= 15 is 0 Å². The number of hydrogen-bond acceptors (Lipinski definition) is 5. The van der Waals surface area contributed by atoms with Gasteiger partial charge in [-0.25, -0.2) is 0 Å². The van der Waals surface area contributed by atoms with Gasteiger partial charge in [-0.15, -0.1) is 5.69 Å². The van der Waals surface area contributed by atoms with E-state index in [1.54, 1.807) is 12.5 Å². The number of hydrogen-bond donors (Lipinski definition) is 0. The van der Waals surface area contributed by atoms with Crippen molar-refractivity contribution in [3.8, 4) is 0 Å². The molecule has 1 unspecified atom stereocenters. The van der Waals surface area contributed by atoms with E-state index in [4.69, 9.17) is 4.99 Å². The Hall–Kier alpha value is -4.06. The molecule has 6 nitrogen and oxygen atoms in total. The zero-order chi connectivity index (χ0) is 24.1. The number of para-hydroxylation sites is 3. The number of rotatable bonds is 1. The molecule has 5 heterocycles. The van der Waals surface area contributed by atoms with E-state index in [0.29, 0.717) is 0 Å². The summed E-state index contributed by atoms with van der Waals surface area (Å²) in [5.74, 6) is 0.199. The molecule has 2 aromatic carbocycles. The molecule has 1 atom stereocenters. The van der Waals surface area contributed by atoms with Gasteiger partial charge in [0.05, 0.1) is 17.3 Å². The minimum Gasteiger partial charge on any atom is -0.504 e. The molecule has 2 aliphatic heterocycles. The fourth-order valence-corrected chi connectivity index (χ4v) is 5.05. The van der Waals surface area contributed by atoms with Crippen LogP contribution < -0.4 is 9.80 Å². The summed E-state index contributed by atoms with van der Waals surface area (Å²) in [6, 6.07) is 23.6. The Morgan fingerprint density at radius 2 is 1.84 bits per heavy atom. The van der Waals surface area contributed by atoms with Gasteiger partial charge in [-0.05, 0) is 54.1 Å². The maximum Gasteiger partial charge on any atom is 3.00 e. The summed E-state index contributed by atoms with van der Waals surface area (Å²) in [6.07, 6.45) is 15.0. The number of pyridine rings is 2. The molecule has 0 amide bonds. The van der Waals surface area contributed by atoms with Crippen LogP contribution in [0.2, 0.25) is 0 Å². The molecule has 37 heavy (non-hydrogen) atoms. The van der Waals surface area contributed by atoms with Crippen LogP contribution >= 0.6 is 0 Å². The monoisotopic (exact) mass is 658 g/mol. The van der Waals surface area contributed by atoms with Crippen molar-refractivity contribution in [3.05, 3.63) is 122 Å². The average molecular weight is 658 g/mol. The van der Waals surface area contributed by atoms with Crippen molar-refractivity contribution in [3.63, 3.8) is 0 Å². The van der Waals surface area contributed by atoms with E-state index < -0.39 is 0 Å². The van der Waals surface area contributed by atoms with Gasteiger partial charge >= 0.3 is 20.1 Å². The predicted molar refractivity (Wildman–Crippen MR) is 144 cm³/mol. The van der Waals surface area contributed by atoms with Crippen LogP contribution in [0.15, 0.2) is 102 Å². The van der Waals surface area contributed by atoms with Crippen molar-refractivity contribution in [2.24, 2.45) is 4.99 Å². The van der Waals surface area contributed by atoms with E-state index in [1.165, 1.54) is 11.4 Å². The molecular weight excluding hydrogens is 637 g/mol. The summed E-state index contributed by atoms with van der Waals surface area (Å²) in [7, 11) is 2.06. The van der Waals surface area contributed by atoms with E-state index in [1.807, 2.05) is 30.3 Å². The molecule has 3 aromatic heterocycles. The Morgan fingerprint density at radius 1 is 0.973 bits per heavy atom. The first kappa shape index (κ1) is 23.3. The molecule has 0 saturated carbocycles. The Bertz CT molecular complexity index is 1700. The fraction of sp³-hybridized carbons (Fsp3) is 0.0667. The van der Waals surface area contributed by atoms with Gasteiger partial charge in [-0.1, -0.05) is 42.6 Å². The van der Waals surface area contributed by atoms with E-state index in [0.717, 1.165) is 39.2 Å². The van der Waals surface area contributed by atoms with Crippen molar-refractivity contribution in [1.82, 2.24) is 14.4 Å². The van der Waals surface area contributed by atoms with Crippen LogP contribution in [0.5, 0.6) is 0 Å². The normalized spacial score (nSPS) is 16.6. The molecule has 0 bridgehead atoms. The van der Waals surface area contributed by atoms with Gasteiger partial charge in [0, 0.05) is 23.3 Å². The Morgan fingerprint density at radius 3 is 2.70 bits per heavy atom. The van der Waals surface area contributed by atoms with Gasteiger partial charge in [0.1, 0.15) is 0 Å². The molecule has 7 heteroatoms. The van der Waals surface area contributed by atoms with Crippen LogP contribution in [0.25, 0.3) is 16.4 Å². The Balaban J connectivity index is 0.000000136. The first-order valence-corrected chi connectivity index (χ1v) is 11.8. The largest absolute Gasteiger partial charge is 3.00 e. The first-order chi connectivity index (χ1) is 17.8. The standard InChI is InChI=1S/C16H9N4.C14H12N2.Ir/c1-2-6-12-10(4-1)16-15(19-12)11-5-3-7-18-14(11)13-8-17-9-20(13)16;1-15-11-16(12-7-3-2-4-8-12)14-10-6-5-9-13(14)15;/h1-7,9-10H;2-7,9-11H,1H3;/q-1;-2;+3. The number of aromatic nitrogens is 3. The molecule has 0 radical (unpaired) electrons. The second kappa shape index (κ2) is 9.43. The third-order valence-electron chi connectivity index (χ3n) is 6.67. The smallest absolute Gasteiger partial charge is 0.504 e. The molecule has 0 fully saturated rings. The second-order valence-electron chi connectivity index (χ2n) is 8.80. The maximum absolute atomic E-state index is 4.81. The Labute approximate surface area is 228 Å². The van der Waals surface area contributed by atoms with Crippen molar-refractivity contribution >= 4 is 44.9 Å². The quantitative estimate of drug-likeness (QED) is 0.203. The molecule has 3 aliphatic rings. The number of aliphatic imine (C=N–C) groups is 1. The van der Waals surface area contributed by atoms with E-state index in [-0.39, 0.29) is 26.0 Å².